The van der Waals surface area contributed by atoms with Crippen LogP contribution in [0.4, 0.5) is 17.6 Å². The number of ether oxygens (including phenoxy) is 2. The minimum atomic E-state index is -4.43. The lowest BCUT2D eigenvalue weighted by atomic mass is 10.0. The Morgan fingerprint density at radius 1 is 0.821 bits per heavy atom. The van der Waals surface area contributed by atoms with Crippen LogP contribution in [0.1, 0.15) is 30.1 Å². The summed E-state index contributed by atoms with van der Waals surface area (Å²) in [6, 6.07) is 17.8. The lowest BCUT2D eigenvalue weighted by molar-refractivity contribution is -0.180. The van der Waals surface area contributed by atoms with Gasteiger partial charge in [-0.25, -0.2) is 8.78 Å². The van der Waals surface area contributed by atoms with E-state index in [9.17, 15) is 27.2 Å². The molecule has 0 saturated heterocycles. The molecule has 0 unspecified atom stereocenters. The second-order valence-corrected chi connectivity index (χ2v) is 5.91. The first-order valence-corrected chi connectivity index (χ1v) is 8.40. The Kier molecular flexibility index (Phi) is 7.54. The van der Waals surface area contributed by atoms with Crippen LogP contribution in [0.15, 0.2) is 60.7 Å². The predicted molar refractivity (Wildman–Crippen MR) is 92.0 cm³/mol. The first-order valence-electron chi connectivity index (χ1n) is 8.40. The molecule has 0 N–H and O–H groups in total. The molecule has 150 valence electrons. The molecule has 0 spiro atoms. The molecule has 0 aromatic heterocycles. The second kappa shape index (κ2) is 9.87. The molecule has 0 saturated carbocycles. The van der Waals surface area contributed by atoms with Crippen molar-refractivity contribution in [3.8, 4) is 0 Å². The van der Waals surface area contributed by atoms with Gasteiger partial charge in [0.05, 0.1) is 12.8 Å². The van der Waals surface area contributed by atoms with Gasteiger partial charge in [-0.15, -0.1) is 0 Å². The van der Waals surface area contributed by atoms with Crippen LogP contribution in [-0.2, 0) is 19.1 Å². The van der Waals surface area contributed by atoms with Gasteiger partial charge in [0.2, 0.25) is 0 Å². The average Bonchev–Trinajstić information content (AvgIpc) is 2.70. The molecule has 0 heterocycles. The number of hydrogen-bond acceptors (Lipinski definition) is 4. The van der Waals surface area contributed by atoms with Crippen molar-refractivity contribution in [2.24, 2.45) is 0 Å². The quantitative estimate of drug-likeness (QED) is 0.460. The van der Waals surface area contributed by atoms with Crippen molar-refractivity contribution in [3.05, 3.63) is 71.8 Å². The zero-order valence-electron chi connectivity index (χ0n) is 14.7. The SMILES string of the molecule is O=C(CCC(=O)OC(c1ccccc1)c1ccccc1)OCC(F)(F)C(F)F. The molecule has 2 rings (SSSR count). The van der Waals surface area contributed by atoms with Crippen LogP contribution in [0.2, 0.25) is 0 Å². The lowest BCUT2D eigenvalue weighted by Crippen LogP contribution is -2.33. The Balaban J connectivity index is 1.93. The first kappa shape index (κ1) is 21.4. The van der Waals surface area contributed by atoms with Gasteiger partial charge in [0.1, 0.15) is 0 Å². The highest BCUT2D eigenvalue weighted by Gasteiger charge is 2.42. The summed E-state index contributed by atoms with van der Waals surface area (Å²) >= 11 is 0. The Morgan fingerprint density at radius 2 is 1.29 bits per heavy atom. The average molecular weight is 398 g/mol. The number of alkyl halides is 4. The summed E-state index contributed by atoms with van der Waals surface area (Å²) in [4.78, 5) is 23.6. The van der Waals surface area contributed by atoms with Gasteiger partial charge in [0.25, 0.3) is 0 Å². The van der Waals surface area contributed by atoms with E-state index >= 15 is 0 Å². The summed E-state index contributed by atoms with van der Waals surface area (Å²) in [5.74, 6) is -6.37. The first-order chi connectivity index (χ1) is 13.3. The van der Waals surface area contributed by atoms with Crippen molar-refractivity contribution in [3.63, 3.8) is 0 Å². The number of halogens is 4. The maximum absolute atomic E-state index is 12.7. The standard InChI is InChI=1S/C20H18F4O4/c21-19(22)20(23,24)13-27-16(25)11-12-17(26)28-18(14-7-3-1-4-8-14)15-9-5-2-6-10-15/h1-10,18-19H,11-13H2. The molecule has 0 aliphatic heterocycles. The van der Waals surface area contributed by atoms with Crippen molar-refractivity contribution < 1.29 is 36.6 Å². The summed E-state index contributed by atoms with van der Waals surface area (Å²) in [5.41, 5.74) is 1.42. The zero-order valence-corrected chi connectivity index (χ0v) is 14.7. The monoisotopic (exact) mass is 398 g/mol. The molecule has 0 atom stereocenters. The van der Waals surface area contributed by atoms with Gasteiger partial charge in [0.15, 0.2) is 12.7 Å². The van der Waals surface area contributed by atoms with Crippen molar-refractivity contribution in [2.75, 3.05) is 6.61 Å². The normalized spacial score (nSPS) is 11.5. The molecule has 0 bridgehead atoms. The van der Waals surface area contributed by atoms with E-state index in [4.69, 9.17) is 4.74 Å². The third-order valence-corrected chi connectivity index (χ3v) is 3.73. The van der Waals surface area contributed by atoms with E-state index in [2.05, 4.69) is 4.74 Å². The Labute approximate surface area is 159 Å². The molecular weight excluding hydrogens is 380 g/mol. The summed E-state index contributed by atoms with van der Waals surface area (Å²) in [5, 5.41) is 0. The Hall–Kier alpha value is -2.90. The highest BCUT2D eigenvalue weighted by atomic mass is 19.3. The van der Waals surface area contributed by atoms with Gasteiger partial charge < -0.3 is 9.47 Å². The van der Waals surface area contributed by atoms with Crippen molar-refractivity contribution in [1.82, 2.24) is 0 Å². The topological polar surface area (TPSA) is 52.6 Å². The fourth-order valence-corrected chi connectivity index (χ4v) is 2.29. The van der Waals surface area contributed by atoms with Crippen LogP contribution >= 0.6 is 0 Å². The predicted octanol–water partition coefficient (Wildman–Crippen LogP) is 4.54. The van der Waals surface area contributed by atoms with Gasteiger partial charge in [-0.2, -0.15) is 8.78 Å². The van der Waals surface area contributed by atoms with E-state index in [1.807, 2.05) is 0 Å². The summed E-state index contributed by atoms with van der Waals surface area (Å²) in [6.45, 7) is -1.74. The highest BCUT2D eigenvalue weighted by Crippen LogP contribution is 2.27. The summed E-state index contributed by atoms with van der Waals surface area (Å²) in [6.07, 6.45) is -5.65. The minimum absolute atomic E-state index is 0.435. The van der Waals surface area contributed by atoms with E-state index in [0.29, 0.717) is 11.1 Å². The molecule has 4 nitrogen and oxygen atoms in total. The smallest absolute Gasteiger partial charge is 0.340 e. The lowest BCUT2D eigenvalue weighted by Gasteiger charge is -2.19. The molecule has 8 heteroatoms. The van der Waals surface area contributed by atoms with Gasteiger partial charge in [-0.1, -0.05) is 60.7 Å². The third kappa shape index (κ3) is 6.37. The molecule has 0 aliphatic rings. The van der Waals surface area contributed by atoms with E-state index in [0.717, 1.165) is 0 Å². The van der Waals surface area contributed by atoms with E-state index in [1.165, 1.54) is 0 Å². The molecular formula is C20H18F4O4. The van der Waals surface area contributed by atoms with Gasteiger partial charge in [0, 0.05) is 0 Å². The zero-order chi connectivity index (χ0) is 20.6. The van der Waals surface area contributed by atoms with E-state index in [1.54, 1.807) is 60.7 Å². The molecule has 2 aromatic carbocycles. The van der Waals surface area contributed by atoms with E-state index in [-0.39, 0.29) is 0 Å². The number of hydrogen-bond donors (Lipinski definition) is 0. The largest absolute Gasteiger partial charge is 0.459 e. The number of esters is 2. The number of carbonyl (C=O) groups is 2. The van der Waals surface area contributed by atoms with Crippen LogP contribution in [-0.4, -0.2) is 30.9 Å². The minimum Gasteiger partial charge on any atom is -0.459 e. The van der Waals surface area contributed by atoms with Crippen LogP contribution in [0, 0.1) is 0 Å². The number of carbonyl (C=O) groups excluding carboxylic acids is 2. The van der Waals surface area contributed by atoms with Crippen molar-refractivity contribution in [2.45, 2.75) is 31.3 Å². The fraction of sp³-hybridized carbons (Fsp3) is 0.300. The second-order valence-electron chi connectivity index (χ2n) is 5.91. The van der Waals surface area contributed by atoms with Crippen molar-refractivity contribution >= 4 is 11.9 Å². The van der Waals surface area contributed by atoms with Gasteiger partial charge in [-0.3, -0.25) is 9.59 Å². The molecule has 2 aromatic rings. The highest BCUT2D eigenvalue weighted by molar-refractivity contribution is 5.78. The molecule has 0 radical (unpaired) electrons. The van der Waals surface area contributed by atoms with Crippen LogP contribution in [0.5, 0.6) is 0 Å². The maximum Gasteiger partial charge on any atom is 0.340 e. The fourth-order valence-electron chi connectivity index (χ4n) is 2.29. The van der Waals surface area contributed by atoms with Crippen LogP contribution in [0.25, 0.3) is 0 Å². The third-order valence-electron chi connectivity index (χ3n) is 3.73. The van der Waals surface area contributed by atoms with Crippen molar-refractivity contribution in [1.29, 1.82) is 0 Å². The number of benzene rings is 2. The molecule has 0 fully saturated rings. The Morgan fingerprint density at radius 3 is 1.75 bits per heavy atom. The van der Waals surface area contributed by atoms with E-state index < -0.39 is 49.8 Å². The van der Waals surface area contributed by atoms with Gasteiger partial charge >= 0.3 is 24.3 Å². The van der Waals surface area contributed by atoms with Crippen LogP contribution in [0.3, 0.4) is 0 Å². The molecule has 28 heavy (non-hydrogen) atoms. The Bertz CT molecular complexity index is 727. The maximum atomic E-state index is 12.7. The van der Waals surface area contributed by atoms with Gasteiger partial charge in [-0.05, 0) is 11.1 Å². The summed E-state index contributed by atoms with van der Waals surface area (Å²) < 4.78 is 59.1. The summed E-state index contributed by atoms with van der Waals surface area (Å²) in [7, 11) is 0. The molecule has 0 amide bonds. The number of rotatable bonds is 9. The molecule has 0 aliphatic carbocycles. The van der Waals surface area contributed by atoms with Crippen LogP contribution < -0.4 is 0 Å².